The monoisotopic (exact) mass is 317 g/mol. The molecule has 1 unspecified atom stereocenters. The van der Waals surface area contributed by atoms with Crippen molar-refractivity contribution in [3.8, 4) is 0 Å². The summed E-state index contributed by atoms with van der Waals surface area (Å²) in [5.41, 5.74) is -4.05. The quantitative estimate of drug-likeness (QED) is 0.839. The number of esters is 1. The van der Waals surface area contributed by atoms with Crippen molar-refractivity contribution in [1.82, 2.24) is 5.32 Å². The molecule has 1 fully saturated rings. The van der Waals surface area contributed by atoms with Crippen molar-refractivity contribution in [3.63, 3.8) is 0 Å². The number of rotatable bonds is 3. The summed E-state index contributed by atoms with van der Waals surface area (Å²) < 4.78 is 43.6. The first-order valence-corrected chi connectivity index (χ1v) is 6.98. The minimum atomic E-state index is -5.09. The van der Waals surface area contributed by atoms with Gasteiger partial charge in [0.15, 0.2) is 0 Å². The molecular formula is C15H18F3NO3. The lowest BCUT2D eigenvalue weighted by Crippen LogP contribution is -2.54. The summed E-state index contributed by atoms with van der Waals surface area (Å²) in [6, 6.07) is 8.65. The average molecular weight is 317 g/mol. The number of aliphatic hydroxyl groups is 1. The number of benzene rings is 1. The zero-order valence-electron chi connectivity index (χ0n) is 12.1. The molecule has 0 amide bonds. The Bertz CT molecular complexity index is 523. The summed E-state index contributed by atoms with van der Waals surface area (Å²) in [7, 11) is 0. The fraction of sp³-hybridized carbons (Fsp3) is 0.533. The van der Waals surface area contributed by atoms with Crippen LogP contribution in [-0.4, -0.2) is 35.9 Å². The Hall–Kier alpha value is -1.60. The molecule has 122 valence electrons. The van der Waals surface area contributed by atoms with Crippen LogP contribution in [0.2, 0.25) is 0 Å². The van der Waals surface area contributed by atoms with E-state index in [1.54, 1.807) is 30.3 Å². The normalized spacial score (nSPS) is 21.0. The summed E-state index contributed by atoms with van der Waals surface area (Å²) in [6.07, 6.45) is -4.40. The van der Waals surface area contributed by atoms with Crippen LogP contribution in [0, 0.1) is 0 Å². The van der Waals surface area contributed by atoms with E-state index < -0.39 is 23.3 Å². The van der Waals surface area contributed by atoms with Crippen molar-refractivity contribution >= 4 is 5.97 Å². The van der Waals surface area contributed by atoms with E-state index >= 15 is 0 Å². The number of hydrogen-bond donors (Lipinski definition) is 2. The van der Waals surface area contributed by atoms with Crippen LogP contribution in [0.15, 0.2) is 30.3 Å². The number of piperidine rings is 1. The Kier molecular flexibility index (Phi) is 4.49. The van der Waals surface area contributed by atoms with Crippen molar-refractivity contribution in [2.75, 3.05) is 13.1 Å². The molecule has 1 aliphatic heterocycles. The third-order valence-electron chi connectivity index (χ3n) is 3.95. The van der Waals surface area contributed by atoms with Crippen molar-refractivity contribution in [2.45, 2.75) is 37.1 Å². The van der Waals surface area contributed by atoms with Crippen LogP contribution in [0.1, 0.15) is 25.3 Å². The topological polar surface area (TPSA) is 58.6 Å². The van der Waals surface area contributed by atoms with Gasteiger partial charge < -0.3 is 15.2 Å². The maximum Gasteiger partial charge on any atom is 0.427 e. The Balaban J connectivity index is 2.31. The molecule has 0 saturated carbocycles. The van der Waals surface area contributed by atoms with E-state index in [4.69, 9.17) is 4.74 Å². The standard InChI is InChI=1S/C15H18F3NO3/c1-13(21,15(16,17)18)12(20)22-14(7-9-19-10-8-14)11-5-3-2-4-6-11/h2-6,19,21H,7-10H2,1H3. The van der Waals surface area contributed by atoms with Gasteiger partial charge in [0, 0.05) is 12.8 Å². The summed E-state index contributed by atoms with van der Waals surface area (Å²) in [5.74, 6) is -1.68. The number of nitrogens with one attached hydrogen (secondary N) is 1. The molecule has 0 aliphatic carbocycles. The number of carbonyl (C=O) groups excluding carboxylic acids is 1. The van der Waals surface area contributed by atoms with Gasteiger partial charge in [-0.2, -0.15) is 13.2 Å². The third-order valence-corrected chi connectivity index (χ3v) is 3.95. The van der Waals surface area contributed by atoms with Crippen LogP contribution in [-0.2, 0) is 15.1 Å². The zero-order chi connectivity index (χ0) is 16.4. The summed E-state index contributed by atoms with van der Waals surface area (Å²) in [6.45, 7) is 1.43. The molecule has 0 spiro atoms. The van der Waals surface area contributed by atoms with Crippen LogP contribution in [0.3, 0.4) is 0 Å². The largest absolute Gasteiger partial charge is 0.452 e. The molecule has 22 heavy (non-hydrogen) atoms. The average Bonchev–Trinajstić information content (AvgIpc) is 2.48. The highest BCUT2D eigenvalue weighted by molar-refractivity contribution is 5.80. The molecule has 2 rings (SSSR count). The van der Waals surface area contributed by atoms with Gasteiger partial charge in [-0.05, 0) is 25.6 Å². The smallest absolute Gasteiger partial charge is 0.427 e. The molecule has 1 saturated heterocycles. The van der Waals surface area contributed by atoms with Gasteiger partial charge in [-0.1, -0.05) is 30.3 Å². The van der Waals surface area contributed by atoms with Gasteiger partial charge in [0.2, 0.25) is 0 Å². The van der Waals surface area contributed by atoms with E-state index in [9.17, 15) is 23.1 Å². The highest BCUT2D eigenvalue weighted by Crippen LogP contribution is 2.38. The number of carbonyl (C=O) groups is 1. The molecule has 1 aromatic rings. The van der Waals surface area contributed by atoms with Gasteiger partial charge in [-0.15, -0.1) is 0 Å². The molecule has 0 bridgehead atoms. The van der Waals surface area contributed by atoms with Gasteiger partial charge in [0.05, 0.1) is 0 Å². The SMILES string of the molecule is CC(O)(C(=O)OC1(c2ccccc2)CCNCC1)C(F)(F)F. The van der Waals surface area contributed by atoms with Gasteiger partial charge in [-0.25, -0.2) is 4.79 Å². The molecule has 1 atom stereocenters. The van der Waals surface area contributed by atoms with Crippen LogP contribution in [0.25, 0.3) is 0 Å². The van der Waals surface area contributed by atoms with Gasteiger partial charge in [0.1, 0.15) is 5.60 Å². The number of ether oxygens (including phenoxy) is 1. The first-order valence-electron chi connectivity index (χ1n) is 6.98. The lowest BCUT2D eigenvalue weighted by atomic mass is 9.84. The molecule has 0 radical (unpaired) electrons. The molecule has 0 aromatic heterocycles. The molecule has 1 aromatic carbocycles. The zero-order valence-corrected chi connectivity index (χ0v) is 12.1. The van der Waals surface area contributed by atoms with Gasteiger partial charge in [-0.3, -0.25) is 0 Å². The highest BCUT2D eigenvalue weighted by atomic mass is 19.4. The third kappa shape index (κ3) is 3.10. The first kappa shape index (κ1) is 16.8. The predicted octanol–water partition coefficient (Wildman–Crippen LogP) is 2.12. The second-order valence-corrected chi connectivity index (χ2v) is 5.57. The second-order valence-electron chi connectivity index (χ2n) is 5.57. The molecule has 1 aliphatic rings. The maximum atomic E-state index is 12.8. The van der Waals surface area contributed by atoms with Crippen molar-refractivity contribution in [3.05, 3.63) is 35.9 Å². The Labute approximate surface area is 126 Å². The minimum absolute atomic E-state index is 0.344. The molecule has 7 heteroatoms. The lowest BCUT2D eigenvalue weighted by molar-refractivity contribution is -0.264. The fourth-order valence-electron chi connectivity index (χ4n) is 2.41. The highest BCUT2D eigenvalue weighted by Gasteiger charge is 2.58. The van der Waals surface area contributed by atoms with E-state index in [0.29, 0.717) is 38.4 Å². The second kappa shape index (κ2) is 5.89. The van der Waals surface area contributed by atoms with Crippen LogP contribution in [0.5, 0.6) is 0 Å². The lowest BCUT2D eigenvalue weighted by Gasteiger charge is -2.39. The molecular weight excluding hydrogens is 299 g/mol. The fourth-order valence-corrected chi connectivity index (χ4v) is 2.41. The Morgan fingerprint density at radius 3 is 2.27 bits per heavy atom. The summed E-state index contributed by atoms with van der Waals surface area (Å²) in [4.78, 5) is 11.9. The van der Waals surface area contributed by atoms with Gasteiger partial charge >= 0.3 is 12.1 Å². The van der Waals surface area contributed by atoms with Gasteiger partial charge in [0.25, 0.3) is 5.60 Å². The van der Waals surface area contributed by atoms with Crippen molar-refractivity contribution in [2.24, 2.45) is 0 Å². The number of alkyl halides is 3. The van der Waals surface area contributed by atoms with Crippen LogP contribution in [0.4, 0.5) is 13.2 Å². The minimum Gasteiger partial charge on any atom is -0.452 e. The van der Waals surface area contributed by atoms with Crippen LogP contribution >= 0.6 is 0 Å². The van der Waals surface area contributed by atoms with E-state index in [-0.39, 0.29) is 0 Å². The summed E-state index contributed by atoms with van der Waals surface area (Å²) >= 11 is 0. The summed E-state index contributed by atoms with van der Waals surface area (Å²) in [5, 5.41) is 12.6. The first-order chi connectivity index (χ1) is 10.2. The van der Waals surface area contributed by atoms with Crippen molar-refractivity contribution in [1.29, 1.82) is 0 Å². The Morgan fingerprint density at radius 1 is 1.23 bits per heavy atom. The predicted molar refractivity (Wildman–Crippen MR) is 73.0 cm³/mol. The molecule has 4 nitrogen and oxygen atoms in total. The van der Waals surface area contributed by atoms with E-state index in [1.807, 2.05) is 0 Å². The molecule has 1 heterocycles. The number of hydrogen-bond acceptors (Lipinski definition) is 4. The van der Waals surface area contributed by atoms with E-state index in [2.05, 4.69) is 5.32 Å². The van der Waals surface area contributed by atoms with Crippen molar-refractivity contribution < 1.29 is 27.8 Å². The Morgan fingerprint density at radius 2 is 1.77 bits per heavy atom. The van der Waals surface area contributed by atoms with Crippen LogP contribution < -0.4 is 5.32 Å². The molecule has 2 N–H and O–H groups in total. The van der Waals surface area contributed by atoms with E-state index in [0.717, 1.165) is 0 Å². The van der Waals surface area contributed by atoms with E-state index in [1.165, 1.54) is 0 Å². The maximum absolute atomic E-state index is 12.8. The number of halogens is 3.